The van der Waals surface area contributed by atoms with Gasteiger partial charge in [-0.05, 0) is 106 Å². The highest BCUT2D eigenvalue weighted by molar-refractivity contribution is 5.84. The lowest BCUT2D eigenvalue weighted by Gasteiger charge is -2.72. The van der Waals surface area contributed by atoms with Crippen LogP contribution in [0.1, 0.15) is 106 Å². The summed E-state index contributed by atoms with van der Waals surface area (Å²) in [5, 5.41) is 46.5. The maximum absolute atomic E-state index is 14.0. The predicted molar refractivity (Wildman–Crippen MR) is 153 cm³/mol. The van der Waals surface area contributed by atoms with Crippen LogP contribution in [0.25, 0.3) is 0 Å². The van der Waals surface area contributed by atoms with E-state index in [1.807, 2.05) is 13.8 Å². The average Bonchev–Trinajstić information content (AvgIpc) is 2.88. The molecule has 0 aliphatic heterocycles. The molecule has 5 aliphatic rings. The Bertz CT molecular complexity index is 1030. The van der Waals surface area contributed by atoms with Gasteiger partial charge in [-0.15, -0.1) is 0 Å². The summed E-state index contributed by atoms with van der Waals surface area (Å²) in [6.07, 6.45) is 9.81. The first-order valence-electron chi connectivity index (χ1n) is 15.7. The molecule has 0 spiro atoms. The predicted octanol–water partition coefficient (Wildman–Crippen LogP) is 4.59. The second-order valence-corrected chi connectivity index (χ2v) is 15.8. The number of hydrogen-bond donors (Lipinski definition) is 5. The molecule has 39 heavy (non-hydrogen) atoms. The molecule has 6 heteroatoms. The van der Waals surface area contributed by atoms with Crippen molar-refractivity contribution in [2.24, 2.45) is 50.7 Å². The molecule has 0 aromatic heterocycles. The van der Waals surface area contributed by atoms with Gasteiger partial charge in [-0.3, -0.25) is 4.79 Å². The fourth-order valence-corrected chi connectivity index (χ4v) is 11.3. The molecular formula is C33H55NO5. The molecule has 0 aromatic rings. The van der Waals surface area contributed by atoms with E-state index >= 15 is 0 Å². The van der Waals surface area contributed by atoms with Gasteiger partial charge < -0.3 is 25.7 Å². The number of aliphatic hydroxyl groups excluding tert-OH is 3. The van der Waals surface area contributed by atoms with E-state index in [0.29, 0.717) is 5.92 Å². The highest BCUT2D eigenvalue weighted by Crippen LogP contribution is 2.76. The number of fused-ring (bicyclic) bond motifs is 7. The maximum Gasteiger partial charge on any atom is 0.227 e. The summed E-state index contributed by atoms with van der Waals surface area (Å²) in [5.74, 6) is 0.509. The van der Waals surface area contributed by atoms with Gasteiger partial charge in [-0.1, -0.05) is 46.3 Å². The maximum atomic E-state index is 14.0. The van der Waals surface area contributed by atoms with Crippen molar-refractivity contribution >= 4 is 5.91 Å². The Morgan fingerprint density at radius 3 is 2.33 bits per heavy atom. The van der Waals surface area contributed by atoms with Gasteiger partial charge in [0, 0.05) is 17.4 Å². The Morgan fingerprint density at radius 1 is 1.00 bits per heavy atom. The Labute approximate surface area is 236 Å². The Kier molecular flexibility index (Phi) is 7.03. The number of allylic oxidation sites excluding steroid dienone is 1. The van der Waals surface area contributed by atoms with Crippen molar-refractivity contribution in [2.45, 2.75) is 124 Å². The molecule has 0 heterocycles. The van der Waals surface area contributed by atoms with Crippen LogP contribution in [0.2, 0.25) is 0 Å². The van der Waals surface area contributed by atoms with Gasteiger partial charge in [0.1, 0.15) is 0 Å². The molecular weight excluding hydrogens is 490 g/mol. The van der Waals surface area contributed by atoms with E-state index in [2.05, 4.69) is 46.0 Å². The largest absolute Gasteiger partial charge is 0.396 e. The summed E-state index contributed by atoms with van der Waals surface area (Å²) < 4.78 is 0. The third kappa shape index (κ3) is 3.69. The molecule has 4 fully saturated rings. The molecule has 1 unspecified atom stereocenters. The minimum atomic E-state index is -1.000. The fraction of sp³-hybridized carbons (Fsp3) is 0.909. The first-order chi connectivity index (χ1) is 18.1. The zero-order valence-corrected chi connectivity index (χ0v) is 25.5. The number of nitrogens with one attached hydrogen (secondary N) is 1. The molecule has 6 nitrogen and oxygen atoms in total. The molecule has 5 aliphatic carbocycles. The molecule has 0 bridgehead atoms. The number of aliphatic hydroxyl groups is 4. The Morgan fingerprint density at radius 2 is 1.69 bits per heavy atom. The Hall–Kier alpha value is -0.950. The summed E-state index contributed by atoms with van der Waals surface area (Å²) in [6, 6.07) is -0.315. The van der Waals surface area contributed by atoms with E-state index < -0.39 is 22.5 Å². The first-order valence-corrected chi connectivity index (χ1v) is 15.7. The second kappa shape index (κ2) is 9.28. The van der Waals surface area contributed by atoms with Crippen molar-refractivity contribution in [3.63, 3.8) is 0 Å². The minimum Gasteiger partial charge on any atom is -0.396 e. The summed E-state index contributed by atoms with van der Waals surface area (Å²) in [7, 11) is 0. The van der Waals surface area contributed by atoms with Crippen LogP contribution in [0, 0.1) is 50.7 Å². The van der Waals surface area contributed by atoms with E-state index in [1.165, 1.54) is 5.57 Å². The lowest BCUT2D eigenvalue weighted by molar-refractivity contribution is -0.222. The molecule has 1 amide bonds. The van der Waals surface area contributed by atoms with Crippen molar-refractivity contribution in [1.29, 1.82) is 0 Å². The summed E-state index contributed by atoms with van der Waals surface area (Å²) in [4.78, 5) is 14.0. The van der Waals surface area contributed by atoms with E-state index in [1.54, 1.807) is 0 Å². The van der Waals surface area contributed by atoms with Crippen molar-refractivity contribution in [3.8, 4) is 0 Å². The van der Waals surface area contributed by atoms with E-state index in [9.17, 15) is 25.2 Å². The van der Waals surface area contributed by atoms with Crippen LogP contribution in [0.15, 0.2) is 11.6 Å². The van der Waals surface area contributed by atoms with Crippen molar-refractivity contribution in [2.75, 3.05) is 13.2 Å². The minimum absolute atomic E-state index is 0.00121. The lowest BCUT2D eigenvalue weighted by Crippen LogP contribution is -2.69. The SMILES string of the molecule is CC(CO)NC(=O)[C@]12CC[C@@H](C)[C@@](C)(O)[C@H]1C1=CC[C@@H]3[C@@]4(C)CC[C@H](O)[C@@](C)(CO)[C@@H]4CC[C@@]3(C)[C@]1(C)CC2. The quantitative estimate of drug-likeness (QED) is 0.332. The summed E-state index contributed by atoms with van der Waals surface area (Å²) in [5.41, 5.74) is -0.991. The summed E-state index contributed by atoms with van der Waals surface area (Å²) >= 11 is 0. The van der Waals surface area contributed by atoms with Crippen LogP contribution in [0.5, 0.6) is 0 Å². The van der Waals surface area contributed by atoms with Crippen molar-refractivity contribution < 1.29 is 25.2 Å². The highest BCUT2D eigenvalue weighted by atomic mass is 16.3. The van der Waals surface area contributed by atoms with Gasteiger partial charge in [0.25, 0.3) is 0 Å². The second-order valence-electron chi connectivity index (χ2n) is 15.8. The van der Waals surface area contributed by atoms with Gasteiger partial charge in [0.2, 0.25) is 5.91 Å². The van der Waals surface area contributed by atoms with Gasteiger partial charge in [-0.2, -0.15) is 0 Å². The van der Waals surface area contributed by atoms with Crippen LogP contribution >= 0.6 is 0 Å². The molecule has 0 aromatic carbocycles. The van der Waals surface area contributed by atoms with Crippen LogP contribution in [0.3, 0.4) is 0 Å². The zero-order valence-electron chi connectivity index (χ0n) is 25.5. The van der Waals surface area contributed by atoms with E-state index in [0.717, 1.165) is 57.8 Å². The average molecular weight is 546 g/mol. The molecule has 12 atom stereocenters. The molecule has 4 saturated carbocycles. The molecule has 5 N–H and O–H groups in total. The van der Waals surface area contributed by atoms with Crippen LogP contribution in [0.4, 0.5) is 0 Å². The number of carbonyl (C=O) groups is 1. The smallest absolute Gasteiger partial charge is 0.227 e. The van der Waals surface area contributed by atoms with Crippen LogP contribution in [-0.2, 0) is 4.79 Å². The van der Waals surface area contributed by atoms with Crippen molar-refractivity contribution in [3.05, 3.63) is 11.6 Å². The first kappa shape index (κ1) is 29.5. The van der Waals surface area contributed by atoms with Gasteiger partial charge >= 0.3 is 0 Å². The normalized spacial score (nSPS) is 53.8. The standard InChI is InChI=1S/C33H55NO5/c1-20-10-15-33(27(38)34-21(2)18-35)17-16-30(5)22(26(33)32(20,7)39)8-9-24-28(3)13-12-25(37)29(4,19-36)23(28)11-14-31(24,30)6/h8,20-21,23-26,35-37,39H,9-19H2,1-7H3,(H,34,38)/t20-,21?,23-,24-,25+,26-,28+,29+,30-,31-,32-,33+/m1/s1. The highest BCUT2D eigenvalue weighted by Gasteiger charge is 2.71. The number of rotatable bonds is 4. The zero-order chi connectivity index (χ0) is 28.8. The molecule has 0 saturated heterocycles. The molecule has 0 radical (unpaired) electrons. The van der Waals surface area contributed by atoms with Crippen LogP contribution in [-0.4, -0.2) is 57.3 Å². The van der Waals surface area contributed by atoms with Gasteiger partial charge in [0.15, 0.2) is 0 Å². The number of hydrogen-bond acceptors (Lipinski definition) is 5. The fourth-order valence-electron chi connectivity index (χ4n) is 11.3. The third-order valence-corrected chi connectivity index (χ3v) is 14.3. The van der Waals surface area contributed by atoms with Gasteiger partial charge in [0.05, 0.1) is 30.3 Å². The third-order valence-electron chi connectivity index (χ3n) is 14.3. The number of amides is 1. The number of carbonyl (C=O) groups excluding carboxylic acids is 1. The Balaban J connectivity index is 1.61. The van der Waals surface area contributed by atoms with Gasteiger partial charge in [-0.25, -0.2) is 0 Å². The lowest BCUT2D eigenvalue weighted by atomic mass is 9.33. The van der Waals surface area contributed by atoms with Crippen molar-refractivity contribution in [1.82, 2.24) is 5.32 Å². The topological polar surface area (TPSA) is 110 Å². The summed E-state index contributed by atoms with van der Waals surface area (Å²) in [6.45, 7) is 15.3. The van der Waals surface area contributed by atoms with E-state index in [-0.39, 0.29) is 59.2 Å². The monoisotopic (exact) mass is 545 g/mol. The molecule has 222 valence electrons. The van der Waals surface area contributed by atoms with Crippen LogP contribution < -0.4 is 5.32 Å². The van der Waals surface area contributed by atoms with E-state index in [4.69, 9.17) is 0 Å². The molecule has 5 rings (SSSR count).